The number of carbonyl (C=O) groups is 2. The fraction of sp³-hybridized carbons (Fsp3) is 0.296. The number of pyridine rings is 1. The van der Waals surface area contributed by atoms with Crippen LogP contribution in [0.1, 0.15) is 19.4 Å². The largest absolute Gasteiger partial charge is 0.488 e. The molecule has 0 aliphatic carbocycles. The van der Waals surface area contributed by atoms with Crippen LogP contribution in [0.3, 0.4) is 0 Å². The number of aliphatic hydroxyl groups is 1. The monoisotopic (exact) mass is 545 g/mol. The Kier molecular flexibility index (Phi) is 7.60. The molecule has 1 unspecified atom stereocenters. The van der Waals surface area contributed by atoms with Crippen LogP contribution < -0.4 is 20.8 Å². The second kappa shape index (κ2) is 10.9. The van der Waals surface area contributed by atoms with Gasteiger partial charge in [-0.15, -0.1) is 0 Å². The second-order valence-corrected chi connectivity index (χ2v) is 10.4. The molecular formula is C27H29BN5O5P. The molecule has 2 aliphatic rings. The number of fused-ring (bicyclic) bond motifs is 2. The van der Waals surface area contributed by atoms with Gasteiger partial charge in [0.2, 0.25) is 0 Å². The van der Waals surface area contributed by atoms with Gasteiger partial charge in [0, 0.05) is 46.9 Å². The van der Waals surface area contributed by atoms with Crippen molar-refractivity contribution in [3.05, 3.63) is 77.8 Å². The quantitative estimate of drug-likeness (QED) is 0.172. The molecule has 2 aliphatic heterocycles. The molecule has 39 heavy (non-hydrogen) atoms. The third-order valence-electron chi connectivity index (χ3n) is 7.48. The molecule has 12 heteroatoms. The summed E-state index contributed by atoms with van der Waals surface area (Å²) in [4.78, 5) is 33.8. The number of amides is 1. The molecule has 3 heterocycles. The first-order valence-electron chi connectivity index (χ1n) is 12.5. The summed E-state index contributed by atoms with van der Waals surface area (Å²) in [5.41, 5.74) is 7.50. The van der Waals surface area contributed by atoms with Crippen LogP contribution >= 0.6 is 8.96 Å². The Morgan fingerprint density at radius 3 is 2.74 bits per heavy atom. The zero-order chi connectivity index (χ0) is 27.7. The summed E-state index contributed by atoms with van der Waals surface area (Å²) in [6.45, 7) is 3.97. The van der Waals surface area contributed by atoms with Gasteiger partial charge >= 0.3 is 5.97 Å². The van der Waals surface area contributed by atoms with Gasteiger partial charge in [0.25, 0.3) is 5.91 Å². The van der Waals surface area contributed by atoms with Crippen molar-refractivity contribution in [2.24, 2.45) is 11.7 Å². The van der Waals surface area contributed by atoms with Crippen molar-refractivity contribution in [2.45, 2.75) is 38.1 Å². The fourth-order valence-electron chi connectivity index (χ4n) is 5.44. The Balaban J connectivity index is 1.42. The second-order valence-electron chi connectivity index (χ2n) is 9.69. The molecule has 5 rings (SSSR count). The van der Waals surface area contributed by atoms with Crippen LogP contribution in [0.15, 0.2) is 72.2 Å². The number of benzene rings is 2. The molecule has 2 aromatic carbocycles. The lowest BCUT2D eigenvalue weighted by Crippen LogP contribution is -2.81. The van der Waals surface area contributed by atoms with Crippen molar-refractivity contribution in [1.29, 1.82) is 0 Å². The number of hydrogen-bond acceptors (Lipinski definition) is 9. The minimum atomic E-state index is -1.50. The minimum Gasteiger partial charge on any atom is -0.488 e. The first kappa shape index (κ1) is 27.1. The van der Waals surface area contributed by atoms with Gasteiger partial charge in [-0.2, -0.15) is 0 Å². The van der Waals surface area contributed by atoms with Crippen LogP contribution in [0, 0.1) is 5.92 Å². The Hall–Kier alpha value is -3.50. The molecule has 10 nitrogen and oxygen atoms in total. The van der Waals surface area contributed by atoms with Crippen molar-refractivity contribution in [3.63, 3.8) is 0 Å². The number of anilines is 1. The van der Waals surface area contributed by atoms with Gasteiger partial charge in [0.05, 0.1) is 12.1 Å². The average molecular weight is 545 g/mol. The molecule has 1 fully saturated rings. The molecule has 3 aromatic rings. The highest BCUT2D eigenvalue weighted by molar-refractivity contribution is 7.32. The smallest absolute Gasteiger partial charge is 0.358 e. The Morgan fingerprint density at radius 2 is 2.03 bits per heavy atom. The number of carbonyl (C=O) groups excluding carboxylic acids is 2. The molecule has 200 valence electrons. The van der Waals surface area contributed by atoms with E-state index in [0.717, 1.165) is 22.0 Å². The number of nitrogens with zero attached hydrogens (tertiary/aromatic N) is 2. The van der Waals surface area contributed by atoms with E-state index in [9.17, 15) is 14.7 Å². The third kappa shape index (κ3) is 4.65. The van der Waals surface area contributed by atoms with E-state index in [-0.39, 0.29) is 18.2 Å². The Morgan fingerprint density at radius 1 is 1.26 bits per heavy atom. The third-order valence-corrected chi connectivity index (χ3v) is 7.89. The highest BCUT2D eigenvalue weighted by Crippen LogP contribution is 2.49. The summed E-state index contributed by atoms with van der Waals surface area (Å²) in [5, 5.41) is 15.6. The lowest BCUT2D eigenvalue weighted by Gasteiger charge is -2.54. The van der Waals surface area contributed by atoms with Gasteiger partial charge in [0.15, 0.2) is 7.98 Å². The van der Waals surface area contributed by atoms with E-state index >= 15 is 0 Å². The zero-order valence-corrected chi connectivity index (χ0v) is 22.5. The van der Waals surface area contributed by atoms with Crippen LogP contribution in [0.4, 0.5) is 5.69 Å². The van der Waals surface area contributed by atoms with Crippen molar-refractivity contribution in [2.75, 3.05) is 11.9 Å². The maximum atomic E-state index is 13.0. The van der Waals surface area contributed by atoms with E-state index in [0.29, 0.717) is 17.9 Å². The van der Waals surface area contributed by atoms with Gasteiger partial charge in [-0.1, -0.05) is 37.3 Å². The summed E-state index contributed by atoms with van der Waals surface area (Å²) in [6.07, 6.45) is 2.45. The Bertz CT molecular complexity index is 1440. The molecule has 1 aromatic heterocycles. The van der Waals surface area contributed by atoms with Crippen LogP contribution in [0.25, 0.3) is 10.8 Å². The number of aliphatic hydroxyl groups excluding tert-OH is 1. The van der Waals surface area contributed by atoms with Gasteiger partial charge < -0.3 is 30.4 Å². The van der Waals surface area contributed by atoms with E-state index in [1.807, 2.05) is 61.7 Å². The molecule has 5 N–H and O–H groups in total. The predicted octanol–water partition coefficient (Wildman–Crippen LogP) is 2.14. The number of aromatic nitrogens is 1. The molecule has 1 amide bonds. The number of nitrogens with two attached hydrogens (primary N) is 1. The lowest BCUT2D eigenvalue weighted by atomic mass is 9.71. The van der Waals surface area contributed by atoms with Gasteiger partial charge in [0.1, 0.15) is 32.6 Å². The van der Waals surface area contributed by atoms with Crippen molar-refractivity contribution in [1.82, 2.24) is 14.9 Å². The zero-order valence-electron chi connectivity index (χ0n) is 21.5. The number of β-lactam (4-membered cyclic amide) rings is 1. The standard InChI is InChI=1S/C27H29BN5O5P/c1-15-20(23(25(35)38-39-32-28)33-24(15)27(29,16(2)34)26(33)36)14-37-22-10-4-7-18-19(22)8-3-9-21(18)31-13-17-6-5-11-30-12-17/h3-12,15-16,24,31-32,34,39H,13-14,29H2,1-2H3/t15-,16+,24+,27-/m0/s1. The van der Waals surface area contributed by atoms with E-state index in [4.69, 9.17) is 23.0 Å². The molecule has 2 radical (unpaired) electrons. The summed E-state index contributed by atoms with van der Waals surface area (Å²) in [6, 6.07) is 15.0. The fourth-order valence-corrected chi connectivity index (χ4v) is 5.69. The molecular weight excluding hydrogens is 516 g/mol. The van der Waals surface area contributed by atoms with Crippen LogP contribution in [-0.2, 0) is 20.7 Å². The van der Waals surface area contributed by atoms with Crippen molar-refractivity contribution >= 4 is 45.3 Å². The molecule has 0 bridgehead atoms. The van der Waals surface area contributed by atoms with Crippen molar-refractivity contribution in [3.8, 4) is 5.75 Å². The minimum absolute atomic E-state index is 0.0212. The number of hydrogen-bond donors (Lipinski definition) is 4. The number of nitrogens with one attached hydrogen (secondary N) is 2. The first-order valence-corrected chi connectivity index (χ1v) is 13.4. The topological polar surface area (TPSA) is 139 Å². The van der Waals surface area contributed by atoms with Gasteiger partial charge in [-0.05, 0) is 30.7 Å². The van der Waals surface area contributed by atoms with Gasteiger partial charge in [-0.3, -0.25) is 14.7 Å². The predicted molar refractivity (Wildman–Crippen MR) is 150 cm³/mol. The summed E-state index contributed by atoms with van der Waals surface area (Å²) >= 11 is 0. The van der Waals surface area contributed by atoms with E-state index in [1.54, 1.807) is 6.20 Å². The van der Waals surface area contributed by atoms with E-state index < -0.39 is 38.5 Å². The van der Waals surface area contributed by atoms with E-state index in [2.05, 4.69) is 15.3 Å². The summed E-state index contributed by atoms with van der Waals surface area (Å²) in [7, 11) is 4.79. The number of ether oxygens (including phenoxy) is 1. The van der Waals surface area contributed by atoms with E-state index in [1.165, 1.54) is 11.8 Å². The average Bonchev–Trinajstić information content (AvgIpc) is 3.23. The van der Waals surface area contributed by atoms with Gasteiger partial charge in [-0.25, -0.2) is 4.79 Å². The maximum Gasteiger partial charge on any atom is 0.358 e. The molecule has 0 saturated carbocycles. The molecule has 5 atom stereocenters. The van der Waals surface area contributed by atoms with Crippen molar-refractivity contribution < 1.29 is 24.0 Å². The summed E-state index contributed by atoms with van der Waals surface area (Å²) in [5.74, 6) is -0.980. The Labute approximate surface area is 229 Å². The van der Waals surface area contributed by atoms with Crippen LogP contribution in [0.5, 0.6) is 5.75 Å². The molecule has 1 saturated heterocycles. The SMILES string of the molecule is [B]NPOC(=O)C1=C(COc2cccc3c(NCc4cccnc4)cccc23)[C@H](C)[C@H]2N1C(=O)[C@]2(N)[C@@H](C)O. The maximum absolute atomic E-state index is 13.0. The summed E-state index contributed by atoms with van der Waals surface area (Å²) < 4.78 is 11.5. The first-order chi connectivity index (χ1) is 18.8. The lowest BCUT2D eigenvalue weighted by molar-refractivity contribution is -0.167. The highest BCUT2D eigenvalue weighted by Gasteiger charge is 2.68. The normalized spacial score (nSPS) is 23.2. The van der Waals surface area contributed by atoms with Crippen LogP contribution in [-0.4, -0.2) is 59.1 Å². The highest BCUT2D eigenvalue weighted by atomic mass is 31.1. The van der Waals surface area contributed by atoms with Crippen LogP contribution in [0.2, 0.25) is 0 Å². The molecule has 0 spiro atoms. The number of rotatable bonds is 10.